The topological polar surface area (TPSA) is 141 Å². The molecule has 36 heavy (non-hydrogen) atoms. The zero-order valence-electron chi connectivity index (χ0n) is 19.3. The highest BCUT2D eigenvalue weighted by atomic mass is 35.5. The van der Waals surface area contributed by atoms with Crippen molar-refractivity contribution in [3.63, 3.8) is 0 Å². The van der Waals surface area contributed by atoms with Crippen LogP contribution in [0.4, 0.5) is 11.4 Å². The maximum absolute atomic E-state index is 12.4. The normalized spacial score (nSPS) is 10.5. The van der Waals surface area contributed by atoms with Gasteiger partial charge < -0.3 is 19.9 Å². The number of hydrogen-bond donors (Lipinski definition) is 2. The van der Waals surface area contributed by atoms with E-state index in [1.54, 1.807) is 42.0 Å². The number of halogens is 1. The van der Waals surface area contributed by atoms with Crippen molar-refractivity contribution in [1.82, 2.24) is 20.1 Å². The molecular formula is C23H23ClN6O5S. The number of non-ortho nitro benzene ring substituents is 1. The van der Waals surface area contributed by atoms with Crippen molar-refractivity contribution in [3.8, 4) is 5.75 Å². The van der Waals surface area contributed by atoms with Crippen LogP contribution in [-0.4, -0.2) is 50.9 Å². The number of anilines is 1. The largest absolute Gasteiger partial charge is 0.497 e. The molecule has 0 aliphatic rings. The van der Waals surface area contributed by atoms with Gasteiger partial charge in [0, 0.05) is 37.2 Å². The van der Waals surface area contributed by atoms with Gasteiger partial charge in [-0.2, -0.15) is 0 Å². The standard InChI is InChI=1S/C23H23ClN6O5S/c1-3-12-29-20(10-11-25-22(32)15-4-7-17(35-2)8-5-15)27-28-23(29)36-14-21(31)26-19-13-16(30(33)34)6-9-18(19)24/h3-9,13H,1,10-12,14H2,2H3,(H,25,32)(H,26,31). The van der Waals surface area contributed by atoms with Crippen molar-refractivity contribution in [1.29, 1.82) is 0 Å². The quantitative estimate of drug-likeness (QED) is 0.156. The minimum atomic E-state index is -0.570. The highest BCUT2D eigenvalue weighted by Crippen LogP contribution is 2.27. The lowest BCUT2D eigenvalue weighted by atomic mass is 10.2. The molecule has 13 heteroatoms. The van der Waals surface area contributed by atoms with Crippen LogP contribution in [0.2, 0.25) is 5.02 Å². The number of aromatic nitrogens is 3. The summed E-state index contributed by atoms with van der Waals surface area (Å²) in [5.41, 5.74) is 0.476. The summed E-state index contributed by atoms with van der Waals surface area (Å²) in [7, 11) is 1.56. The van der Waals surface area contributed by atoms with Crippen LogP contribution in [-0.2, 0) is 17.8 Å². The Kier molecular flexibility index (Phi) is 9.42. The number of benzene rings is 2. The summed E-state index contributed by atoms with van der Waals surface area (Å²) in [4.78, 5) is 35.2. The summed E-state index contributed by atoms with van der Waals surface area (Å²) in [5.74, 6) is 0.621. The Bertz CT molecular complexity index is 1260. The number of ether oxygens (including phenoxy) is 1. The summed E-state index contributed by atoms with van der Waals surface area (Å²) >= 11 is 7.18. The lowest BCUT2D eigenvalue weighted by Gasteiger charge is -2.09. The van der Waals surface area contributed by atoms with Crippen LogP contribution in [0, 0.1) is 10.1 Å². The molecule has 1 aromatic heterocycles. The number of nitrogens with zero attached hydrogens (tertiary/aromatic N) is 4. The second kappa shape index (κ2) is 12.7. The van der Waals surface area contributed by atoms with Gasteiger partial charge in [-0.3, -0.25) is 19.7 Å². The molecule has 3 aromatic rings. The predicted molar refractivity (Wildman–Crippen MR) is 137 cm³/mol. The number of rotatable bonds is 12. The Hall–Kier alpha value is -3.90. The van der Waals surface area contributed by atoms with E-state index in [0.29, 0.717) is 41.8 Å². The van der Waals surface area contributed by atoms with Gasteiger partial charge in [0.05, 0.1) is 28.5 Å². The first kappa shape index (κ1) is 26.7. The second-order valence-corrected chi connectivity index (χ2v) is 8.64. The number of carbonyl (C=O) groups excluding carboxylic acids is 2. The summed E-state index contributed by atoms with van der Waals surface area (Å²) in [6.07, 6.45) is 2.09. The number of nitrogens with one attached hydrogen (secondary N) is 2. The van der Waals surface area contributed by atoms with E-state index in [9.17, 15) is 19.7 Å². The Balaban J connectivity index is 1.57. The minimum absolute atomic E-state index is 0.0253. The molecule has 11 nitrogen and oxygen atoms in total. The van der Waals surface area contributed by atoms with Crippen LogP contribution < -0.4 is 15.4 Å². The molecule has 0 fully saturated rings. The summed E-state index contributed by atoms with van der Waals surface area (Å²) in [6.45, 7) is 4.49. The number of amides is 2. The van der Waals surface area contributed by atoms with Gasteiger partial charge in [-0.15, -0.1) is 16.8 Å². The van der Waals surface area contributed by atoms with Crippen molar-refractivity contribution in [3.05, 3.63) is 81.6 Å². The molecule has 0 atom stereocenters. The Labute approximate surface area is 216 Å². The third kappa shape index (κ3) is 7.06. The van der Waals surface area contributed by atoms with Gasteiger partial charge in [-0.25, -0.2) is 0 Å². The van der Waals surface area contributed by atoms with E-state index in [-0.39, 0.29) is 28.1 Å². The average molecular weight is 531 g/mol. The molecule has 0 unspecified atom stereocenters. The molecule has 0 aliphatic carbocycles. The number of nitro benzene ring substituents is 1. The Morgan fingerprint density at radius 2 is 2.00 bits per heavy atom. The number of allylic oxidation sites excluding steroid dienone is 1. The lowest BCUT2D eigenvalue weighted by molar-refractivity contribution is -0.384. The molecule has 188 valence electrons. The van der Waals surface area contributed by atoms with Crippen molar-refractivity contribution in [2.45, 2.75) is 18.1 Å². The monoisotopic (exact) mass is 530 g/mol. The van der Waals surface area contributed by atoms with Crippen molar-refractivity contribution in [2.24, 2.45) is 0 Å². The first-order chi connectivity index (χ1) is 17.3. The fourth-order valence-electron chi connectivity index (χ4n) is 3.09. The van der Waals surface area contributed by atoms with E-state index in [0.717, 1.165) is 11.8 Å². The maximum Gasteiger partial charge on any atom is 0.271 e. The molecule has 0 radical (unpaired) electrons. The van der Waals surface area contributed by atoms with Crippen molar-refractivity contribution < 1.29 is 19.2 Å². The van der Waals surface area contributed by atoms with Crippen LogP contribution in [0.3, 0.4) is 0 Å². The molecular weight excluding hydrogens is 508 g/mol. The number of carbonyl (C=O) groups is 2. The number of methoxy groups -OCH3 is 1. The van der Waals surface area contributed by atoms with Gasteiger partial charge in [0.15, 0.2) is 5.16 Å². The molecule has 2 N–H and O–H groups in total. The second-order valence-electron chi connectivity index (χ2n) is 7.29. The first-order valence-electron chi connectivity index (χ1n) is 10.6. The molecule has 3 rings (SSSR count). The van der Waals surface area contributed by atoms with Crippen LogP contribution in [0.5, 0.6) is 5.75 Å². The highest BCUT2D eigenvalue weighted by molar-refractivity contribution is 7.99. The SMILES string of the molecule is C=CCn1c(CCNC(=O)c2ccc(OC)cc2)nnc1SCC(=O)Nc1cc([N+](=O)[O-])ccc1Cl. The molecule has 0 aliphatic heterocycles. The average Bonchev–Trinajstić information content (AvgIpc) is 3.25. The molecule has 2 aromatic carbocycles. The Morgan fingerprint density at radius 1 is 1.25 bits per heavy atom. The summed E-state index contributed by atoms with van der Waals surface area (Å²) < 4.78 is 6.89. The van der Waals surface area contributed by atoms with Crippen LogP contribution in [0.15, 0.2) is 60.3 Å². The van der Waals surface area contributed by atoms with Crippen molar-refractivity contribution >= 4 is 46.6 Å². The maximum atomic E-state index is 12.4. The third-order valence-corrected chi connectivity index (χ3v) is 6.16. The number of hydrogen-bond acceptors (Lipinski definition) is 8. The number of nitro groups is 1. The predicted octanol–water partition coefficient (Wildman–Crippen LogP) is 3.74. The third-order valence-electron chi connectivity index (χ3n) is 4.86. The van der Waals surface area contributed by atoms with E-state index in [4.69, 9.17) is 16.3 Å². The minimum Gasteiger partial charge on any atom is -0.497 e. The molecule has 1 heterocycles. The fraction of sp³-hybridized carbons (Fsp3) is 0.217. The van der Waals surface area contributed by atoms with Gasteiger partial charge in [0.25, 0.3) is 11.6 Å². The van der Waals surface area contributed by atoms with Crippen LogP contribution in [0.1, 0.15) is 16.2 Å². The Morgan fingerprint density at radius 3 is 2.67 bits per heavy atom. The molecule has 0 spiro atoms. The molecule has 0 saturated heterocycles. The van der Waals surface area contributed by atoms with Gasteiger partial charge in [-0.1, -0.05) is 29.4 Å². The number of thioether (sulfide) groups is 1. The highest BCUT2D eigenvalue weighted by Gasteiger charge is 2.16. The van der Waals surface area contributed by atoms with Crippen LogP contribution >= 0.6 is 23.4 Å². The molecule has 0 saturated carbocycles. The van der Waals surface area contributed by atoms with Gasteiger partial charge in [-0.05, 0) is 30.3 Å². The van der Waals surface area contributed by atoms with Crippen LogP contribution in [0.25, 0.3) is 0 Å². The molecule has 0 bridgehead atoms. The van der Waals surface area contributed by atoms with Gasteiger partial charge in [0.2, 0.25) is 5.91 Å². The first-order valence-corrected chi connectivity index (χ1v) is 12.0. The van der Waals surface area contributed by atoms with E-state index in [1.807, 2.05) is 0 Å². The fourth-order valence-corrected chi connectivity index (χ4v) is 4.03. The van der Waals surface area contributed by atoms with E-state index < -0.39 is 10.8 Å². The zero-order chi connectivity index (χ0) is 26.1. The summed E-state index contributed by atoms with van der Waals surface area (Å²) in [5, 5.41) is 25.4. The van der Waals surface area contributed by atoms with Gasteiger partial charge in [0.1, 0.15) is 11.6 Å². The van der Waals surface area contributed by atoms with E-state index in [2.05, 4.69) is 27.4 Å². The van der Waals surface area contributed by atoms with E-state index in [1.165, 1.54) is 18.2 Å². The van der Waals surface area contributed by atoms with E-state index >= 15 is 0 Å². The smallest absolute Gasteiger partial charge is 0.271 e. The lowest BCUT2D eigenvalue weighted by Crippen LogP contribution is -2.26. The molecule has 2 amide bonds. The van der Waals surface area contributed by atoms with Gasteiger partial charge >= 0.3 is 0 Å². The van der Waals surface area contributed by atoms with Crippen molar-refractivity contribution in [2.75, 3.05) is 24.7 Å². The zero-order valence-corrected chi connectivity index (χ0v) is 20.8. The summed E-state index contributed by atoms with van der Waals surface area (Å²) in [6, 6.07) is 10.6.